The predicted molar refractivity (Wildman–Crippen MR) is 87.7 cm³/mol. The number of hydrogen-bond acceptors (Lipinski definition) is 4. The number of anilines is 1. The van der Waals surface area contributed by atoms with Gasteiger partial charge in [0.05, 0.1) is 12.4 Å². The molecule has 0 bridgehead atoms. The van der Waals surface area contributed by atoms with Crippen LogP contribution < -0.4 is 4.90 Å². The van der Waals surface area contributed by atoms with Crippen molar-refractivity contribution in [3.63, 3.8) is 0 Å². The minimum atomic E-state index is 0.618. The maximum Gasteiger partial charge on any atom is 0.173 e. The summed E-state index contributed by atoms with van der Waals surface area (Å²) in [5, 5.41) is 5.39. The van der Waals surface area contributed by atoms with Gasteiger partial charge >= 0.3 is 0 Å². The lowest BCUT2D eigenvalue weighted by atomic mass is 10.2. The summed E-state index contributed by atoms with van der Waals surface area (Å²) in [6.07, 6.45) is 6.90. The summed E-state index contributed by atoms with van der Waals surface area (Å²) in [7, 11) is 1.94. The first kappa shape index (κ1) is 14.8. The number of nitrogens with zero attached hydrogens (tertiary/aromatic N) is 5. The Morgan fingerprint density at radius 2 is 1.91 bits per heavy atom. The van der Waals surface area contributed by atoms with Gasteiger partial charge in [0.15, 0.2) is 5.82 Å². The second kappa shape index (κ2) is 6.34. The molecule has 0 unspecified atom stereocenters. The Labute approximate surface area is 138 Å². The number of hydrogen-bond donors (Lipinski definition) is 0. The van der Waals surface area contributed by atoms with Crippen molar-refractivity contribution in [2.45, 2.75) is 6.54 Å². The number of benzene rings is 1. The quantitative estimate of drug-likeness (QED) is 0.731. The lowest BCUT2D eigenvalue weighted by molar-refractivity contribution is 0.818. The van der Waals surface area contributed by atoms with Crippen LogP contribution >= 0.6 is 23.2 Å². The lowest BCUT2D eigenvalue weighted by Gasteiger charge is -2.18. The molecule has 7 heteroatoms. The molecule has 2 heterocycles. The molecule has 0 spiro atoms. The van der Waals surface area contributed by atoms with Gasteiger partial charge in [-0.3, -0.25) is 4.98 Å². The Morgan fingerprint density at radius 1 is 1.14 bits per heavy atom. The molecule has 0 fully saturated rings. The average molecular weight is 334 g/mol. The van der Waals surface area contributed by atoms with Gasteiger partial charge in [-0.1, -0.05) is 23.2 Å². The van der Waals surface area contributed by atoms with Crippen molar-refractivity contribution in [2.24, 2.45) is 0 Å². The van der Waals surface area contributed by atoms with E-state index in [0.29, 0.717) is 22.4 Å². The van der Waals surface area contributed by atoms with Crippen LogP contribution in [0.2, 0.25) is 10.0 Å². The van der Waals surface area contributed by atoms with Crippen LogP contribution in [-0.2, 0) is 6.54 Å². The van der Waals surface area contributed by atoms with E-state index in [4.69, 9.17) is 23.2 Å². The molecular weight excluding hydrogens is 321 g/mol. The van der Waals surface area contributed by atoms with Crippen molar-refractivity contribution in [3.8, 4) is 5.82 Å². The Hall–Kier alpha value is -2.11. The molecule has 0 atom stereocenters. The van der Waals surface area contributed by atoms with Gasteiger partial charge in [-0.25, -0.2) is 9.67 Å². The van der Waals surface area contributed by atoms with Gasteiger partial charge in [0.25, 0.3) is 0 Å². The zero-order chi connectivity index (χ0) is 15.5. The van der Waals surface area contributed by atoms with Crippen molar-refractivity contribution in [3.05, 3.63) is 64.7 Å². The summed E-state index contributed by atoms with van der Waals surface area (Å²) in [5.74, 6) is 1.41. The zero-order valence-corrected chi connectivity index (χ0v) is 13.3. The molecule has 0 aliphatic rings. The SMILES string of the molecule is CN(Cc1cc(Cl)cc(Cl)c1)c1cncc(-n2cccn2)n1. The van der Waals surface area contributed by atoms with Crippen LogP contribution in [-0.4, -0.2) is 26.8 Å². The van der Waals surface area contributed by atoms with Crippen molar-refractivity contribution in [1.29, 1.82) is 0 Å². The number of halogens is 2. The molecule has 0 radical (unpaired) electrons. The predicted octanol–water partition coefficient (Wildman–Crippen LogP) is 3.61. The van der Waals surface area contributed by atoms with E-state index >= 15 is 0 Å². The summed E-state index contributed by atoms with van der Waals surface area (Å²) in [4.78, 5) is 10.7. The van der Waals surface area contributed by atoms with E-state index in [0.717, 1.165) is 11.4 Å². The van der Waals surface area contributed by atoms with Gasteiger partial charge in [-0.15, -0.1) is 0 Å². The van der Waals surface area contributed by atoms with E-state index in [1.807, 2.05) is 36.3 Å². The molecule has 0 saturated heterocycles. The van der Waals surface area contributed by atoms with Crippen LogP contribution in [0.3, 0.4) is 0 Å². The van der Waals surface area contributed by atoms with E-state index in [9.17, 15) is 0 Å². The van der Waals surface area contributed by atoms with Gasteiger partial charge in [0, 0.05) is 36.0 Å². The standard InChI is InChI=1S/C15H13Cl2N5/c1-21(10-11-5-12(16)7-13(17)6-11)14-8-18-9-15(20-14)22-4-2-3-19-22/h2-9H,10H2,1H3. The van der Waals surface area contributed by atoms with Crippen LogP contribution in [0, 0.1) is 0 Å². The Kier molecular flexibility index (Phi) is 4.27. The third-order valence-corrected chi connectivity index (χ3v) is 3.52. The Morgan fingerprint density at radius 3 is 2.59 bits per heavy atom. The first-order chi connectivity index (χ1) is 10.6. The Bertz CT molecular complexity index is 753. The lowest BCUT2D eigenvalue weighted by Crippen LogP contribution is -2.18. The molecule has 5 nitrogen and oxygen atoms in total. The maximum absolute atomic E-state index is 6.03. The van der Waals surface area contributed by atoms with Gasteiger partial charge in [0.1, 0.15) is 5.82 Å². The second-order valence-electron chi connectivity index (χ2n) is 4.82. The topological polar surface area (TPSA) is 46.8 Å². The molecule has 22 heavy (non-hydrogen) atoms. The van der Waals surface area contributed by atoms with Crippen molar-refractivity contribution >= 4 is 29.0 Å². The van der Waals surface area contributed by atoms with Gasteiger partial charge in [0.2, 0.25) is 0 Å². The summed E-state index contributed by atoms with van der Waals surface area (Å²) >= 11 is 12.1. The normalized spacial score (nSPS) is 10.7. The summed E-state index contributed by atoms with van der Waals surface area (Å²) in [6, 6.07) is 7.32. The minimum absolute atomic E-state index is 0.618. The largest absolute Gasteiger partial charge is 0.354 e. The molecule has 0 aliphatic carbocycles. The number of aromatic nitrogens is 4. The summed E-state index contributed by atoms with van der Waals surface area (Å²) in [5.41, 5.74) is 1.01. The van der Waals surface area contributed by atoms with Crippen molar-refractivity contribution in [1.82, 2.24) is 19.7 Å². The third kappa shape index (κ3) is 3.37. The highest BCUT2D eigenvalue weighted by Gasteiger charge is 2.08. The molecule has 3 aromatic rings. The fourth-order valence-corrected chi connectivity index (χ4v) is 2.67. The second-order valence-corrected chi connectivity index (χ2v) is 5.69. The first-order valence-electron chi connectivity index (χ1n) is 6.60. The van der Waals surface area contributed by atoms with Crippen LogP contribution in [0.5, 0.6) is 0 Å². The van der Waals surface area contributed by atoms with E-state index < -0.39 is 0 Å². The maximum atomic E-state index is 6.03. The van der Waals surface area contributed by atoms with Crippen LogP contribution in [0.1, 0.15) is 5.56 Å². The van der Waals surface area contributed by atoms with E-state index in [-0.39, 0.29) is 0 Å². The molecular formula is C15H13Cl2N5. The smallest absolute Gasteiger partial charge is 0.173 e. The molecule has 3 rings (SSSR count). The monoisotopic (exact) mass is 333 g/mol. The highest BCUT2D eigenvalue weighted by Crippen LogP contribution is 2.21. The zero-order valence-electron chi connectivity index (χ0n) is 11.8. The van der Waals surface area contributed by atoms with Crippen molar-refractivity contribution in [2.75, 3.05) is 11.9 Å². The van der Waals surface area contributed by atoms with Gasteiger partial charge in [-0.2, -0.15) is 5.10 Å². The molecule has 2 aromatic heterocycles. The summed E-state index contributed by atoms with van der Waals surface area (Å²) < 4.78 is 1.67. The molecule has 0 saturated carbocycles. The molecule has 0 aliphatic heterocycles. The fraction of sp³-hybridized carbons (Fsp3) is 0.133. The fourth-order valence-electron chi connectivity index (χ4n) is 2.10. The van der Waals surface area contributed by atoms with Crippen LogP contribution in [0.25, 0.3) is 5.82 Å². The van der Waals surface area contributed by atoms with Crippen molar-refractivity contribution < 1.29 is 0 Å². The van der Waals surface area contributed by atoms with E-state index in [2.05, 4.69) is 15.1 Å². The third-order valence-electron chi connectivity index (χ3n) is 3.08. The minimum Gasteiger partial charge on any atom is -0.354 e. The van der Waals surface area contributed by atoms with Crippen LogP contribution in [0.15, 0.2) is 49.1 Å². The van der Waals surface area contributed by atoms with E-state index in [1.54, 1.807) is 29.3 Å². The summed E-state index contributed by atoms with van der Waals surface area (Å²) in [6.45, 7) is 0.623. The molecule has 0 N–H and O–H groups in total. The highest BCUT2D eigenvalue weighted by molar-refractivity contribution is 6.34. The average Bonchev–Trinajstić information content (AvgIpc) is 3.00. The Balaban J connectivity index is 1.83. The van der Waals surface area contributed by atoms with E-state index in [1.165, 1.54) is 0 Å². The van der Waals surface area contributed by atoms with Gasteiger partial charge < -0.3 is 4.90 Å². The number of rotatable bonds is 4. The van der Waals surface area contributed by atoms with Gasteiger partial charge in [-0.05, 0) is 29.8 Å². The molecule has 112 valence electrons. The molecule has 1 aromatic carbocycles. The first-order valence-corrected chi connectivity index (χ1v) is 7.35. The van der Waals surface area contributed by atoms with Crippen LogP contribution in [0.4, 0.5) is 5.82 Å². The highest BCUT2D eigenvalue weighted by atomic mass is 35.5. The molecule has 0 amide bonds.